The van der Waals surface area contributed by atoms with Gasteiger partial charge >= 0.3 is 0 Å². The van der Waals surface area contributed by atoms with Crippen molar-refractivity contribution in [1.82, 2.24) is 15.2 Å². The van der Waals surface area contributed by atoms with Crippen LogP contribution >= 0.6 is 11.8 Å². The number of rotatable bonds is 6. The maximum Gasteiger partial charge on any atom is 0.224 e. The Kier molecular flexibility index (Phi) is 5.15. The Morgan fingerprint density at radius 2 is 2.30 bits per heavy atom. The number of hydrogen-bond donors (Lipinski definition) is 2. The molecule has 2 N–H and O–H groups in total. The van der Waals surface area contributed by atoms with Crippen LogP contribution in [0.5, 0.6) is 0 Å². The van der Waals surface area contributed by atoms with Crippen molar-refractivity contribution in [3.63, 3.8) is 0 Å². The van der Waals surface area contributed by atoms with Crippen LogP contribution in [0.4, 0.5) is 5.69 Å². The van der Waals surface area contributed by atoms with E-state index in [1.165, 1.54) is 18.1 Å². The maximum atomic E-state index is 11.8. The van der Waals surface area contributed by atoms with Crippen molar-refractivity contribution in [1.29, 1.82) is 5.26 Å². The van der Waals surface area contributed by atoms with Crippen LogP contribution in [0.3, 0.4) is 0 Å². The second kappa shape index (κ2) is 7.31. The predicted molar refractivity (Wildman–Crippen MR) is 76.1 cm³/mol. The van der Waals surface area contributed by atoms with Crippen molar-refractivity contribution in [3.8, 4) is 6.07 Å². The predicted octanol–water partition coefficient (Wildman–Crippen LogP) is 2.19. The summed E-state index contributed by atoms with van der Waals surface area (Å²) in [5.74, 6) is 0.688. The minimum absolute atomic E-state index is 0.0918. The first-order valence-electron chi connectivity index (χ1n) is 6.07. The van der Waals surface area contributed by atoms with Crippen molar-refractivity contribution in [2.75, 3.05) is 11.1 Å². The van der Waals surface area contributed by atoms with Gasteiger partial charge < -0.3 is 5.32 Å². The molecule has 0 radical (unpaired) electrons. The average Bonchev–Trinajstić information content (AvgIpc) is 2.97. The lowest BCUT2D eigenvalue weighted by Gasteiger charge is -2.06. The quantitative estimate of drug-likeness (QED) is 0.627. The van der Waals surface area contributed by atoms with E-state index in [-0.39, 0.29) is 5.91 Å². The van der Waals surface area contributed by atoms with Gasteiger partial charge in [0.2, 0.25) is 5.91 Å². The number of para-hydroxylation sites is 1. The molecule has 0 fully saturated rings. The number of nitriles is 1. The van der Waals surface area contributed by atoms with Crippen molar-refractivity contribution < 1.29 is 4.79 Å². The van der Waals surface area contributed by atoms with Gasteiger partial charge in [0.15, 0.2) is 5.16 Å². The molecule has 0 aliphatic rings. The number of hydrogen-bond acceptors (Lipinski definition) is 5. The summed E-state index contributed by atoms with van der Waals surface area (Å²) in [4.78, 5) is 15.8. The number of anilines is 1. The van der Waals surface area contributed by atoms with Gasteiger partial charge in [0.1, 0.15) is 12.4 Å². The number of carbonyl (C=O) groups excluding carboxylic acids is 1. The Hall–Kier alpha value is -2.33. The number of amides is 1. The van der Waals surface area contributed by atoms with Crippen LogP contribution in [0.25, 0.3) is 0 Å². The van der Waals surface area contributed by atoms with Crippen LogP contribution in [0.15, 0.2) is 35.7 Å². The summed E-state index contributed by atoms with van der Waals surface area (Å²) in [5.41, 5.74) is 1.03. The zero-order valence-electron chi connectivity index (χ0n) is 10.7. The van der Waals surface area contributed by atoms with Gasteiger partial charge in [-0.3, -0.25) is 9.89 Å². The standard InChI is InChI=1S/C13H13N5OS/c14-8-10-4-1-2-5-11(10)17-12(19)6-3-7-20-13-15-9-16-18-13/h1-2,4-5,9H,3,6-7H2,(H,17,19)(H,15,16,18). The third kappa shape index (κ3) is 4.10. The molecule has 0 aliphatic heterocycles. The minimum Gasteiger partial charge on any atom is -0.325 e. The summed E-state index contributed by atoms with van der Waals surface area (Å²) in [6.45, 7) is 0. The lowest BCUT2D eigenvalue weighted by molar-refractivity contribution is -0.116. The summed E-state index contributed by atoms with van der Waals surface area (Å²) >= 11 is 1.52. The molecule has 20 heavy (non-hydrogen) atoms. The van der Waals surface area contributed by atoms with E-state index in [0.29, 0.717) is 17.7 Å². The lowest BCUT2D eigenvalue weighted by atomic mass is 10.2. The van der Waals surface area contributed by atoms with E-state index in [2.05, 4.69) is 20.5 Å². The second-order valence-electron chi connectivity index (χ2n) is 3.95. The highest BCUT2D eigenvalue weighted by atomic mass is 32.2. The van der Waals surface area contributed by atoms with Gasteiger partial charge in [-0.15, -0.1) is 0 Å². The molecule has 0 unspecified atom stereocenters. The Morgan fingerprint density at radius 3 is 3.05 bits per heavy atom. The second-order valence-corrected chi connectivity index (χ2v) is 5.03. The maximum absolute atomic E-state index is 11.8. The highest BCUT2D eigenvalue weighted by Gasteiger charge is 2.06. The zero-order valence-corrected chi connectivity index (χ0v) is 11.5. The largest absolute Gasteiger partial charge is 0.325 e. The molecule has 0 saturated heterocycles. The van der Waals surface area contributed by atoms with Crippen LogP contribution in [0.2, 0.25) is 0 Å². The van der Waals surface area contributed by atoms with E-state index in [0.717, 1.165) is 17.3 Å². The van der Waals surface area contributed by atoms with E-state index in [4.69, 9.17) is 5.26 Å². The Balaban J connectivity index is 1.74. The molecule has 0 spiro atoms. The van der Waals surface area contributed by atoms with Crippen LogP contribution in [0.1, 0.15) is 18.4 Å². The molecule has 1 aromatic heterocycles. The smallest absolute Gasteiger partial charge is 0.224 e. The molecule has 0 saturated carbocycles. The summed E-state index contributed by atoms with van der Waals surface area (Å²) in [6, 6.07) is 9.00. The number of aromatic nitrogens is 3. The Morgan fingerprint density at radius 1 is 1.45 bits per heavy atom. The minimum atomic E-state index is -0.0918. The fraction of sp³-hybridized carbons (Fsp3) is 0.231. The van der Waals surface area contributed by atoms with E-state index in [9.17, 15) is 4.79 Å². The Labute approximate surface area is 120 Å². The highest BCUT2D eigenvalue weighted by Crippen LogP contribution is 2.15. The number of H-pyrrole nitrogens is 1. The fourth-order valence-corrected chi connectivity index (χ4v) is 2.29. The van der Waals surface area contributed by atoms with Gasteiger partial charge in [-0.05, 0) is 18.6 Å². The van der Waals surface area contributed by atoms with E-state index >= 15 is 0 Å². The third-order valence-corrected chi connectivity index (χ3v) is 3.46. The molecule has 1 aromatic carbocycles. The number of benzene rings is 1. The molecule has 1 heterocycles. The molecule has 2 aromatic rings. The van der Waals surface area contributed by atoms with E-state index < -0.39 is 0 Å². The third-order valence-electron chi connectivity index (χ3n) is 2.50. The summed E-state index contributed by atoms with van der Waals surface area (Å²) in [6.07, 6.45) is 2.58. The summed E-state index contributed by atoms with van der Waals surface area (Å²) in [5, 5.41) is 18.9. The zero-order chi connectivity index (χ0) is 14.2. The number of aromatic amines is 1. The molecule has 1 amide bonds. The molecular formula is C13H13N5OS. The van der Waals surface area contributed by atoms with Gasteiger partial charge in [-0.25, -0.2) is 4.98 Å². The van der Waals surface area contributed by atoms with Gasteiger partial charge in [0.25, 0.3) is 0 Å². The van der Waals surface area contributed by atoms with Crippen molar-refractivity contribution in [2.24, 2.45) is 0 Å². The molecule has 6 nitrogen and oxygen atoms in total. The number of nitrogens with one attached hydrogen (secondary N) is 2. The molecule has 0 atom stereocenters. The van der Waals surface area contributed by atoms with Crippen LogP contribution in [-0.4, -0.2) is 26.8 Å². The van der Waals surface area contributed by atoms with Crippen LogP contribution in [-0.2, 0) is 4.79 Å². The number of carbonyl (C=O) groups is 1. The molecular weight excluding hydrogens is 274 g/mol. The summed E-state index contributed by atoms with van der Waals surface area (Å²) in [7, 11) is 0. The van der Waals surface area contributed by atoms with Gasteiger partial charge in [0, 0.05) is 12.2 Å². The number of thioether (sulfide) groups is 1. The van der Waals surface area contributed by atoms with Crippen molar-refractivity contribution in [3.05, 3.63) is 36.2 Å². The monoisotopic (exact) mass is 287 g/mol. The van der Waals surface area contributed by atoms with E-state index in [1.807, 2.05) is 6.07 Å². The summed E-state index contributed by atoms with van der Waals surface area (Å²) < 4.78 is 0. The normalized spacial score (nSPS) is 9.95. The first kappa shape index (κ1) is 14.1. The highest BCUT2D eigenvalue weighted by molar-refractivity contribution is 7.99. The van der Waals surface area contributed by atoms with Crippen molar-refractivity contribution in [2.45, 2.75) is 18.0 Å². The first-order chi connectivity index (χ1) is 9.79. The molecule has 102 valence electrons. The van der Waals surface area contributed by atoms with Crippen LogP contribution < -0.4 is 5.32 Å². The molecule has 0 aliphatic carbocycles. The fourth-order valence-electron chi connectivity index (χ4n) is 1.57. The molecule has 7 heteroatoms. The van der Waals surface area contributed by atoms with E-state index in [1.54, 1.807) is 24.3 Å². The topological polar surface area (TPSA) is 94.5 Å². The van der Waals surface area contributed by atoms with Crippen molar-refractivity contribution >= 4 is 23.4 Å². The van der Waals surface area contributed by atoms with Gasteiger partial charge in [0.05, 0.1) is 11.3 Å². The first-order valence-corrected chi connectivity index (χ1v) is 7.05. The molecule has 2 rings (SSSR count). The SMILES string of the molecule is N#Cc1ccccc1NC(=O)CCCSc1ncn[nH]1. The van der Waals surface area contributed by atoms with Gasteiger partial charge in [-0.2, -0.15) is 10.4 Å². The van der Waals surface area contributed by atoms with Gasteiger partial charge in [-0.1, -0.05) is 23.9 Å². The number of nitrogens with zero attached hydrogens (tertiary/aromatic N) is 3. The molecule has 0 bridgehead atoms. The lowest BCUT2D eigenvalue weighted by Crippen LogP contribution is -2.12. The Bertz CT molecular complexity index is 605. The van der Waals surface area contributed by atoms with Crippen LogP contribution in [0, 0.1) is 11.3 Å². The average molecular weight is 287 g/mol.